The van der Waals surface area contributed by atoms with Gasteiger partial charge < -0.3 is 5.32 Å². The summed E-state index contributed by atoms with van der Waals surface area (Å²) in [6.45, 7) is 1.39. The predicted molar refractivity (Wildman–Crippen MR) is 63.4 cm³/mol. The van der Waals surface area contributed by atoms with E-state index in [0.29, 0.717) is 0 Å². The lowest BCUT2D eigenvalue weighted by Gasteiger charge is -2.25. The van der Waals surface area contributed by atoms with E-state index in [9.17, 15) is 18.0 Å². The van der Waals surface area contributed by atoms with Crippen molar-refractivity contribution in [1.29, 1.82) is 0 Å². The molecule has 2 rings (SSSR count). The van der Waals surface area contributed by atoms with Gasteiger partial charge in [-0.05, 0) is 18.6 Å². The van der Waals surface area contributed by atoms with Crippen molar-refractivity contribution in [2.75, 3.05) is 7.05 Å². The first kappa shape index (κ1) is 13.4. The molecule has 0 radical (unpaired) electrons. The Kier molecular flexibility index (Phi) is 3.00. The lowest BCUT2D eigenvalue weighted by molar-refractivity contribution is -0.139. The third kappa shape index (κ3) is 2.16. The van der Waals surface area contributed by atoms with Crippen LogP contribution in [0.3, 0.4) is 0 Å². The van der Waals surface area contributed by atoms with Crippen LogP contribution in [0, 0.1) is 0 Å². The summed E-state index contributed by atoms with van der Waals surface area (Å²) in [5.74, 6) is -0.408. The molecule has 4 nitrogen and oxygen atoms in total. The Morgan fingerprint density at radius 3 is 2.42 bits per heavy atom. The Morgan fingerprint density at radius 2 is 1.89 bits per heavy atom. The number of amides is 1. The lowest BCUT2D eigenvalue weighted by atomic mass is 9.88. The van der Waals surface area contributed by atoms with Gasteiger partial charge >= 0.3 is 6.18 Å². The molecule has 102 valence electrons. The second kappa shape index (κ2) is 4.25. The van der Waals surface area contributed by atoms with Crippen LogP contribution in [0.1, 0.15) is 18.1 Å². The standard InChI is InChI=1S/C12H12F3N3O/c1-11(9(19)17-10(16-2)18-11)7-5-3-4-6-8(7)12(13,14)15/h3-6H,1-2H3,(H2,16,17,18,19). The van der Waals surface area contributed by atoms with Crippen LogP contribution in [0.25, 0.3) is 0 Å². The number of aliphatic imine (C=N–C) groups is 1. The molecule has 1 heterocycles. The number of hydrogen-bond donors (Lipinski definition) is 2. The second-order valence-electron chi connectivity index (χ2n) is 4.32. The molecule has 1 aromatic carbocycles. The summed E-state index contributed by atoms with van der Waals surface area (Å²) in [6, 6.07) is 4.99. The number of benzene rings is 1. The van der Waals surface area contributed by atoms with Crippen LogP contribution < -0.4 is 10.6 Å². The normalized spacial score (nSPS) is 25.3. The highest BCUT2D eigenvalue weighted by Crippen LogP contribution is 2.37. The van der Waals surface area contributed by atoms with Gasteiger partial charge in [0.1, 0.15) is 5.54 Å². The molecule has 1 aromatic rings. The minimum absolute atomic E-state index is 0.126. The summed E-state index contributed by atoms with van der Waals surface area (Å²) in [5.41, 5.74) is -2.45. The highest BCUT2D eigenvalue weighted by Gasteiger charge is 2.47. The number of hydrogen-bond acceptors (Lipinski definition) is 2. The van der Waals surface area contributed by atoms with Crippen molar-refractivity contribution in [2.45, 2.75) is 18.6 Å². The van der Waals surface area contributed by atoms with Crippen LogP contribution in [0.5, 0.6) is 0 Å². The van der Waals surface area contributed by atoms with E-state index in [2.05, 4.69) is 15.6 Å². The van der Waals surface area contributed by atoms with Crippen LogP contribution in [-0.4, -0.2) is 18.9 Å². The molecule has 0 bridgehead atoms. The van der Waals surface area contributed by atoms with Crippen molar-refractivity contribution < 1.29 is 18.0 Å². The maximum absolute atomic E-state index is 13.0. The zero-order valence-electron chi connectivity index (χ0n) is 10.3. The van der Waals surface area contributed by atoms with E-state index in [1.807, 2.05) is 0 Å². The van der Waals surface area contributed by atoms with Gasteiger partial charge in [0.25, 0.3) is 5.91 Å². The molecule has 0 aromatic heterocycles. The molecule has 1 saturated heterocycles. The molecule has 1 atom stereocenters. The summed E-state index contributed by atoms with van der Waals surface area (Å²) < 4.78 is 39.0. The maximum Gasteiger partial charge on any atom is 0.416 e. The molecule has 0 aliphatic carbocycles. The quantitative estimate of drug-likeness (QED) is 0.815. The maximum atomic E-state index is 13.0. The van der Waals surface area contributed by atoms with Crippen LogP contribution in [0.4, 0.5) is 13.2 Å². The zero-order valence-corrected chi connectivity index (χ0v) is 10.3. The van der Waals surface area contributed by atoms with E-state index in [4.69, 9.17) is 0 Å². The number of carbonyl (C=O) groups is 1. The van der Waals surface area contributed by atoms with Crippen molar-refractivity contribution in [1.82, 2.24) is 10.6 Å². The number of rotatable bonds is 1. The fourth-order valence-electron chi connectivity index (χ4n) is 2.03. The SMILES string of the molecule is CN=C1NC(=O)C(C)(c2ccccc2C(F)(F)F)N1. The van der Waals surface area contributed by atoms with Crippen molar-refractivity contribution in [3.8, 4) is 0 Å². The molecule has 1 fully saturated rings. The molecule has 7 heteroatoms. The number of carbonyl (C=O) groups excluding carboxylic acids is 1. The molecular formula is C12H12F3N3O. The number of halogens is 3. The highest BCUT2D eigenvalue weighted by molar-refractivity contribution is 6.09. The minimum Gasteiger partial charge on any atom is -0.338 e. The Labute approximate surface area is 107 Å². The van der Waals surface area contributed by atoms with E-state index in [-0.39, 0.29) is 11.5 Å². The fourth-order valence-corrected chi connectivity index (χ4v) is 2.03. The van der Waals surface area contributed by atoms with Gasteiger partial charge in [-0.25, -0.2) is 0 Å². The van der Waals surface area contributed by atoms with Gasteiger partial charge in [0, 0.05) is 7.05 Å². The summed E-state index contributed by atoms with van der Waals surface area (Å²) >= 11 is 0. The summed E-state index contributed by atoms with van der Waals surface area (Å²) in [4.78, 5) is 15.7. The molecule has 1 amide bonds. The van der Waals surface area contributed by atoms with Gasteiger partial charge in [-0.15, -0.1) is 0 Å². The third-order valence-corrected chi connectivity index (χ3v) is 3.05. The first-order valence-corrected chi connectivity index (χ1v) is 5.52. The van der Waals surface area contributed by atoms with E-state index in [1.165, 1.54) is 32.2 Å². The fraction of sp³-hybridized carbons (Fsp3) is 0.333. The van der Waals surface area contributed by atoms with Crippen molar-refractivity contribution in [2.24, 2.45) is 4.99 Å². The van der Waals surface area contributed by atoms with Gasteiger partial charge in [0.2, 0.25) is 0 Å². The van der Waals surface area contributed by atoms with E-state index < -0.39 is 23.2 Å². The van der Waals surface area contributed by atoms with Crippen molar-refractivity contribution in [3.63, 3.8) is 0 Å². The van der Waals surface area contributed by atoms with E-state index in [0.717, 1.165) is 6.07 Å². The number of guanidine groups is 1. The average molecular weight is 271 g/mol. The van der Waals surface area contributed by atoms with Gasteiger partial charge in [0.15, 0.2) is 5.96 Å². The van der Waals surface area contributed by atoms with Gasteiger partial charge in [-0.1, -0.05) is 18.2 Å². The lowest BCUT2D eigenvalue weighted by Crippen LogP contribution is -2.42. The first-order valence-electron chi connectivity index (χ1n) is 5.52. The molecule has 0 spiro atoms. The Hall–Kier alpha value is -2.05. The summed E-state index contributed by atoms with van der Waals surface area (Å²) in [5, 5.41) is 5.09. The van der Waals surface area contributed by atoms with Gasteiger partial charge in [-0.3, -0.25) is 15.1 Å². The molecular weight excluding hydrogens is 259 g/mol. The van der Waals surface area contributed by atoms with Crippen LogP contribution in [0.2, 0.25) is 0 Å². The molecule has 2 N–H and O–H groups in total. The Morgan fingerprint density at radius 1 is 1.26 bits per heavy atom. The van der Waals surface area contributed by atoms with Crippen LogP contribution in [0.15, 0.2) is 29.3 Å². The smallest absolute Gasteiger partial charge is 0.338 e. The Balaban J connectivity index is 2.57. The van der Waals surface area contributed by atoms with Crippen LogP contribution in [-0.2, 0) is 16.5 Å². The van der Waals surface area contributed by atoms with Crippen molar-refractivity contribution >= 4 is 11.9 Å². The van der Waals surface area contributed by atoms with Crippen LogP contribution >= 0.6 is 0 Å². The minimum atomic E-state index is -4.52. The van der Waals surface area contributed by atoms with E-state index >= 15 is 0 Å². The first-order chi connectivity index (χ1) is 8.79. The number of nitrogens with one attached hydrogen (secondary N) is 2. The summed E-state index contributed by atoms with van der Waals surface area (Å²) in [6.07, 6.45) is -4.52. The van der Waals surface area contributed by atoms with Crippen molar-refractivity contribution in [3.05, 3.63) is 35.4 Å². The predicted octanol–water partition coefficient (Wildman–Crippen LogP) is 1.63. The number of nitrogens with zero attached hydrogens (tertiary/aromatic N) is 1. The average Bonchev–Trinajstić information content (AvgIpc) is 2.65. The number of alkyl halides is 3. The topological polar surface area (TPSA) is 53.5 Å². The monoisotopic (exact) mass is 271 g/mol. The second-order valence-corrected chi connectivity index (χ2v) is 4.32. The molecule has 0 saturated carbocycles. The largest absolute Gasteiger partial charge is 0.416 e. The molecule has 1 aliphatic rings. The summed E-state index contributed by atoms with van der Waals surface area (Å²) in [7, 11) is 1.43. The third-order valence-electron chi connectivity index (χ3n) is 3.05. The highest BCUT2D eigenvalue weighted by atomic mass is 19.4. The molecule has 1 aliphatic heterocycles. The van der Waals surface area contributed by atoms with Gasteiger partial charge in [-0.2, -0.15) is 13.2 Å². The Bertz CT molecular complexity index is 553. The molecule has 1 unspecified atom stereocenters. The van der Waals surface area contributed by atoms with Gasteiger partial charge in [0.05, 0.1) is 5.56 Å². The van der Waals surface area contributed by atoms with E-state index in [1.54, 1.807) is 0 Å². The molecule has 19 heavy (non-hydrogen) atoms. The zero-order chi connectivity index (χ0) is 14.3.